The molecule has 2 aliphatic rings. The van der Waals surface area contributed by atoms with E-state index in [1.54, 1.807) is 71.9 Å². The lowest BCUT2D eigenvalue weighted by molar-refractivity contribution is -0.294. The van der Waals surface area contributed by atoms with Crippen LogP contribution in [0.3, 0.4) is 0 Å². The first-order valence-electron chi connectivity index (χ1n) is 18.8. The van der Waals surface area contributed by atoms with Crippen LogP contribution in [0.1, 0.15) is 85.0 Å². The van der Waals surface area contributed by atoms with Crippen LogP contribution in [0.15, 0.2) is 60.7 Å². The fraction of sp³-hybridized carbons (Fsp3) is 0.610. The average molecular weight is 768 g/mol. The Bertz CT molecular complexity index is 1700. The monoisotopic (exact) mass is 767 g/mol. The summed E-state index contributed by atoms with van der Waals surface area (Å²) < 4.78 is 38.5. The first-order valence-corrected chi connectivity index (χ1v) is 18.8. The van der Waals surface area contributed by atoms with Crippen molar-refractivity contribution in [3.8, 4) is 0 Å². The lowest BCUT2D eigenvalue weighted by atomic mass is 9.77. The number of Topliss-reactive ketones (excluding diaryl/α,β-unsaturated/α-hetero) is 2. The van der Waals surface area contributed by atoms with Gasteiger partial charge in [0.1, 0.15) is 18.3 Å². The maximum Gasteiger partial charge on any atom is 0.420 e. The maximum atomic E-state index is 14.4. The van der Waals surface area contributed by atoms with Crippen LogP contribution in [0.5, 0.6) is 0 Å². The van der Waals surface area contributed by atoms with Crippen LogP contribution in [0.4, 0.5) is 4.79 Å². The van der Waals surface area contributed by atoms with Gasteiger partial charge >= 0.3 is 18.0 Å². The molecule has 14 nitrogen and oxygen atoms in total. The SMILES string of the molecule is CC[C@H]1OC(=O)[C@H](C)C(=O)[C@H](C)[C@@H](O[C@@H]2O[C@H](C)C[C@H](N(C)C)[C@H]2OC(=O)c2ccccc2)[C@](C)(OC)C[C@@H](C)C(=O)C(C)=C[C@]1(C)OC(=O)n1ccnc1. The van der Waals surface area contributed by atoms with Crippen molar-refractivity contribution in [2.75, 3.05) is 21.2 Å². The molecule has 0 amide bonds. The molecule has 0 unspecified atom stereocenters. The van der Waals surface area contributed by atoms with Crippen molar-refractivity contribution in [3.05, 3.63) is 66.3 Å². The Kier molecular flexibility index (Phi) is 14.3. The van der Waals surface area contributed by atoms with Gasteiger partial charge in [0.15, 0.2) is 29.6 Å². The summed E-state index contributed by atoms with van der Waals surface area (Å²) in [6, 6.07) is 8.25. The van der Waals surface area contributed by atoms with Gasteiger partial charge in [-0.1, -0.05) is 39.0 Å². The van der Waals surface area contributed by atoms with Gasteiger partial charge in [0.05, 0.1) is 29.4 Å². The van der Waals surface area contributed by atoms with Crippen molar-refractivity contribution in [2.24, 2.45) is 17.8 Å². The first-order chi connectivity index (χ1) is 25.8. The number of benzene rings is 1. The highest BCUT2D eigenvalue weighted by atomic mass is 16.7. The number of likely N-dealkylation sites (N-methyl/N-ethyl adjacent to an activating group) is 1. The Morgan fingerprint density at radius 1 is 1.05 bits per heavy atom. The van der Waals surface area contributed by atoms with Gasteiger partial charge in [0.25, 0.3) is 0 Å². The molecule has 0 aliphatic carbocycles. The second kappa shape index (κ2) is 18.1. The second-order valence-corrected chi connectivity index (χ2v) is 15.5. The summed E-state index contributed by atoms with van der Waals surface area (Å²) in [5.74, 6) is -5.23. The Morgan fingerprint density at radius 3 is 2.31 bits per heavy atom. The molecule has 1 fully saturated rings. The molecule has 1 aromatic heterocycles. The van der Waals surface area contributed by atoms with E-state index in [9.17, 15) is 24.0 Å². The van der Waals surface area contributed by atoms with Crippen molar-refractivity contribution < 1.29 is 52.4 Å². The van der Waals surface area contributed by atoms with Gasteiger partial charge in [-0.05, 0) is 91.8 Å². The number of imidazole rings is 1. The highest BCUT2D eigenvalue weighted by molar-refractivity contribution is 6.00. The third-order valence-electron chi connectivity index (χ3n) is 10.9. The van der Waals surface area contributed by atoms with Gasteiger partial charge in [0, 0.05) is 31.3 Å². The summed E-state index contributed by atoms with van der Waals surface area (Å²) in [6.45, 7) is 13.4. The van der Waals surface area contributed by atoms with Gasteiger partial charge in [0.2, 0.25) is 0 Å². The smallest absolute Gasteiger partial charge is 0.420 e. The molecule has 4 rings (SSSR count). The zero-order chi connectivity index (χ0) is 40.8. The zero-order valence-corrected chi connectivity index (χ0v) is 33.8. The van der Waals surface area contributed by atoms with Gasteiger partial charge < -0.3 is 33.3 Å². The molecule has 0 saturated carbocycles. The molecule has 0 radical (unpaired) electrons. The lowest BCUT2D eigenvalue weighted by Gasteiger charge is -2.47. The minimum absolute atomic E-state index is 0.0746. The maximum absolute atomic E-state index is 14.4. The number of aromatic nitrogens is 2. The van der Waals surface area contributed by atoms with Crippen LogP contribution in [-0.2, 0) is 42.8 Å². The Morgan fingerprint density at radius 2 is 1.73 bits per heavy atom. The molecule has 3 heterocycles. The summed E-state index contributed by atoms with van der Waals surface area (Å²) in [5, 5.41) is 0. The fourth-order valence-electron chi connectivity index (χ4n) is 7.68. The van der Waals surface area contributed by atoms with E-state index in [4.69, 9.17) is 28.4 Å². The summed E-state index contributed by atoms with van der Waals surface area (Å²) in [5.41, 5.74) is -2.32. The Balaban J connectivity index is 1.78. The minimum Gasteiger partial charge on any atom is -0.457 e. The van der Waals surface area contributed by atoms with Gasteiger partial charge in [-0.25, -0.2) is 19.1 Å². The number of ether oxygens (including phenoxy) is 6. The molecule has 302 valence electrons. The molecule has 55 heavy (non-hydrogen) atoms. The molecular formula is C41H57N3O11. The van der Waals surface area contributed by atoms with Gasteiger partial charge in [-0.2, -0.15) is 0 Å². The van der Waals surface area contributed by atoms with Gasteiger partial charge in [-0.15, -0.1) is 0 Å². The van der Waals surface area contributed by atoms with Crippen LogP contribution < -0.4 is 0 Å². The molecule has 11 atom stereocenters. The van der Waals surface area contributed by atoms with Crippen LogP contribution in [0, 0.1) is 17.8 Å². The molecule has 0 bridgehead atoms. The highest BCUT2D eigenvalue weighted by Crippen LogP contribution is 2.38. The van der Waals surface area contributed by atoms with Crippen LogP contribution in [0.25, 0.3) is 0 Å². The molecule has 1 saturated heterocycles. The number of cyclic esters (lactones) is 1. The van der Waals surface area contributed by atoms with E-state index in [1.807, 2.05) is 25.9 Å². The van der Waals surface area contributed by atoms with Crippen molar-refractivity contribution >= 4 is 29.6 Å². The zero-order valence-electron chi connectivity index (χ0n) is 33.8. The Hall–Kier alpha value is -4.24. The largest absolute Gasteiger partial charge is 0.457 e. The minimum atomic E-state index is -1.61. The van der Waals surface area contributed by atoms with E-state index >= 15 is 0 Å². The van der Waals surface area contributed by atoms with E-state index in [2.05, 4.69) is 4.98 Å². The summed E-state index contributed by atoms with van der Waals surface area (Å²) in [7, 11) is 5.21. The van der Waals surface area contributed by atoms with E-state index in [-0.39, 0.29) is 36.3 Å². The van der Waals surface area contributed by atoms with Crippen LogP contribution in [-0.4, -0.2) is 113 Å². The van der Waals surface area contributed by atoms with Crippen molar-refractivity contribution in [2.45, 2.75) is 123 Å². The van der Waals surface area contributed by atoms with Crippen LogP contribution >= 0.6 is 0 Å². The third-order valence-corrected chi connectivity index (χ3v) is 10.9. The van der Waals surface area contributed by atoms with Crippen molar-refractivity contribution in [1.29, 1.82) is 0 Å². The number of allylic oxidation sites excluding steroid dienone is 1. The van der Waals surface area contributed by atoms with Gasteiger partial charge in [-0.3, -0.25) is 14.4 Å². The number of methoxy groups -OCH3 is 1. The Labute approximate surface area is 323 Å². The number of rotatable bonds is 8. The van der Waals surface area contributed by atoms with Crippen molar-refractivity contribution in [1.82, 2.24) is 14.5 Å². The van der Waals surface area contributed by atoms with E-state index < -0.39 is 77.4 Å². The van der Waals surface area contributed by atoms with Crippen LogP contribution in [0.2, 0.25) is 0 Å². The quantitative estimate of drug-likeness (QED) is 0.190. The molecule has 2 aliphatic heterocycles. The number of hydrogen-bond acceptors (Lipinski definition) is 13. The number of carbonyl (C=O) groups excluding carboxylic acids is 5. The average Bonchev–Trinajstić information content (AvgIpc) is 3.70. The standard InChI is InChI=1S/C41H57N3O11/c1-12-31-40(7,55-39(49)44-19-18-42-23-44)21-24(2)32(45)25(3)22-41(8,50-11)35(27(5)33(46)28(6)36(47)52-31)54-38-34(30(43(9)10)20-26(4)51-38)53-37(48)29-16-14-13-15-17-29/h13-19,21,23,25-28,30-31,34-35,38H,12,20,22H2,1-11H3/t25-,26-,27+,28-,30+,31-,34-,35-,38+,40+,41-/m1/s1. The molecule has 1 aromatic carbocycles. The number of ketones is 2. The van der Waals surface area contributed by atoms with E-state index in [0.717, 1.165) is 4.57 Å². The number of carbonyl (C=O) groups is 5. The van der Waals surface area contributed by atoms with Crippen molar-refractivity contribution in [3.63, 3.8) is 0 Å². The number of hydrogen-bond donors (Lipinski definition) is 0. The topological polar surface area (TPSA) is 162 Å². The fourth-order valence-corrected chi connectivity index (χ4v) is 7.68. The van der Waals surface area contributed by atoms with E-state index in [0.29, 0.717) is 12.0 Å². The molecule has 14 heteroatoms. The molecule has 2 aromatic rings. The van der Waals surface area contributed by atoms with E-state index in [1.165, 1.54) is 38.8 Å². The summed E-state index contributed by atoms with van der Waals surface area (Å²) in [4.78, 5) is 74.9. The highest BCUT2D eigenvalue weighted by Gasteiger charge is 2.51. The number of esters is 2. The lowest BCUT2D eigenvalue weighted by Crippen LogP contribution is -2.60. The number of nitrogens with zero attached hydrogens (tertiary/aromatic N) is 3. The second-order valence-electron chi connectivity index (χ2n) is 15.5. The predicted molar refractivity (Wildman–Crippen MR) is 201 cm³/mol. The first kappa shape index (κ1) is 43.5. The summed E-state index contributed by atoms with van der Waals surface area (Å²) in [6.07, 6.45) is 0.963. The molecular weight excluding hydrogens is 710 g/mol. The third kappa shape index (κ3) is 9.96. The normalized spacial score (nSPS) is 34.0. The molecule has 0 N–H and O–H groups in total. The molecule has 0 spiro atoms. The summed E-state index contributed by atoms with van der Waals surface area (Å²) >= 11 is 0. The predicted octanol–water partition coefficient (Wildman–Crippen LogP) is 5.43.